The van der Waals surface area contributed by atoms with E-state index in [-0.39, 0.29) is 18.1 Å². The fourth-order valence-corrected chi connectivity index (χ4v) is 1.39. The van der Waals surface area contributed by atoms with Crippen molar-refractivity contribution in [3.05, 3.63) is 23.3 Å². The van der Waals surface area contributed by atoms with Gasteiger partial charge in [-0.3, -0.25) is 9.59 Å². The summed E-state index contributed by atoms with van der Waals surface area (Å²) >= 11 is 0. The minimum atomic E-state index is -4.61. The van der Waals surface area contributed by atoms with Crippen LogP contribution in [0, 0.1) is 6.92 Å². The summed E-state index contributed by atoms with van der Waals surface area (Å²) in [5, 5.41) is 10.7. The first-order chi connectivity index (χ1) is 9.59. The first-order valence-electron chi connectivity index (χ1n) is 5.76. The second-order valence-electron chi connectivity index (χ2n) is 4.23. The number of hydrogen-bond acceptors (Lipinski definition) is 5. The van der Waals surface area contributed by atoms with E-state index >= 15 is 0 Å². The van der Waals surface area contributed by atoms with Crippen molar-refractivity contribution in [1.82, 2.24) is 15.3 Å². The molecule has 0 spiro atoms. The van der Waals surface area contributed by atoms with Gasteiger partial charge in [0.05, 0.1) is 13.0 Å². The van der Waals surface area contributed by atoms with Crippen molar-refractivity contribution in [2.75, 3.05) is 0 Å². The summed E-state index contributed by atoms with van der Waals surface area (Å²) in [5.74, 6) is -2.29. The maximum absolute atomic E-state index is 12.5. The molecule has 21 heavy (non-hydrogen) atoms. The molecule has 0 aliphatic rings. The maximum atomic E-state index is 12.5. The van der Waals surface area contributed by atoms with Crippen LogP contribution in [0.2, 0.25) is 0 Å². The highest BCUT2D eigenvalue weighted by atomic mass is 19.4. The van der Waals surface area contributed by atoms with Gasteiger partial charge in [0.2, 0.25) is 5.91 Å². The number of aliphatic carboxylic acids is 1. The number of alkyl halides is 3. The zero-order valence-corrected chi connectivity index (χ0v) is 10.9. The molecule has 1 atom stereocenters. The molecule has 7 nitrogen and oxygen atoms in total. The minimum absolute atomic E-state index is 0.101. The van der Waals surface area contributed by atoms with Crippen LogP contribution in [0.1, 0.15) is 23.6 Å². The van der Waals surface area contributed by atoms with Crippen molar-refractivity contribution >= 4 is 11.9 Å². The molecule has 0 aliphatic heterocycles. The lowest BCUT2D eigenvalue weighted by molar-refractivity contribution is -0.141. The van der Waals surface area contributed by atoms with Gasteiger partial charge in [-0.05, 0) is 13.0 Å². The Hall–Kier alpha value is -2.23. The van der Waals surface area contributed by atoms with Gasteiger partial charge in [0, 0.05) is 5.69 Å². The topological polar surface area (TPSA) is 118 Å². The summed E-state index contributed by atoms with van der Waals surface area (Å²) < 4.78 is 37.6. The minimum Gasteiger partial charge on any atom is -0.480 e. The number of aryl methyl sites for hydroxylation is 1. The summed E-state index contributed by atoms with van der Waals surface area (Å²) in [4.78, 5) is 28.9. The van der Waals surface area contributed by atoms with Crippen LogP contribution in [0.4, 0.5) is 13.2 Å². The van der Waals surface area contributed by atoms with Gasteiger partial charge in [0.1, 0.15) is 17.6 Å². The molecule has 1 aromatic rings. The summed E-state index contributed by atoms with van der Waals surface area (Å²) in [7, 11) is 0. The standard InChI is InChI=1S/C11H13F3N4O3/c1-5-2-7(11(12,13)14)18-8(17-5)4-16-9(19)3-6(15)10(20)21/h2,6H,3-4,15H2,1H3,(H,16,19)(H,20,21)/t6-/m0/s1. The normalized spacial score (nSPS) is 12.8. The van der Waals surface area contributed by atoms with Gasteiger partial charge in [-0.1, -0.05) is 0 Å². The third kappa shape index (κ3) is 5.34. The van der Waals surface area contributed by atoms with Gasteiger partial charge in [-0.25, -0.2) is 9.97 Å². The van der Waals surface area contributed by atoms with Gasteiger partial charge in [-0.15, -0.1) is 0 Å². The van der Waals surface area contributed by atoms with Crippen LogP contribution < -0.4 is 11.1 Å². The Morgan fingerprint density at radius 2 is 2.05 bits per heavy atom. The van der Waals surface area contributed by atoms with E-state index in [0.717, 1.165) is 6.07 Å². The molecule has 4 N–H and O–H groups in total. The van der Waals surface area contributed by atoms with E-state index in [0.29, 0.717) is 0 Å². The smallest absolute Gasteiger partial charge is 0.433 e. The fraction of sp³-hybridized carbons (Fsp3) is 0.455. The third-order valence-corrected chi connectivity index (χ3v) is 2.36. The SMILES string of the molecule is Cc1cc(C(F)(F)F)nc(CNC(=O)C[C@H](N)C(=O)O)n1. The van der Waals surface area contributed by atoms with E-state index in [4.69, 9.17) is 10.8 Å². The lowest BCUT2D eigenvalue weighted by Gasteiger charge is -2.10. The molecule has 0 saturated heterocycles. The molecule has 1 aromatic heterocycles. The number of nitrogens with two attached hydrogens (primary N) is 1. The molecular formula is C11H13F3N4O3. The van der Waals surface area contributed by atoms with Gasteiger partial charge in [0.15, 0.2) is 0 Å². The molecule has 0 bridgehead atoms. The predicted octanol–water partition coefficient (Wildman–Crippen LogP) is 0.222. The Balaban J connectivity index is 2.70. The van der Waals surface area contributed by atoms with Crippen LogP contribution in [0.25, 0.3) is 0 Å². The quantitative estimate of drug-likeness (QED) is 0.716. The van der Waals surface area contributed by atoms with Gasteiger partial charge < -0.3 is 16.2 Å². The van der Waals surface area contributed by atoms with Crippen molar-refractivity contribution in [1.29, 1.82) is 0 Å². The lowest BCUT2D eigenvalue weighted by Crippen LogP contribution is -2.37. The van der Waals surface area contributed by atoms with E-state index in [9.17, 15) is 22.8 Å². The molecule has 0 aliphatic carbocycles. The van der Waals surface area contributed by atoms with Crippen LogP contribution >= 0.6 is 0 Å². The van der Waals surface area contributed by atoms with Crippen molar-refractivity contribution in [3.63, 3.8) is 0 Å². The third-order valence-electron chi connectivity index (χ3n) is 2.36. The second-order valence-corrected chi connectivity index (χ2v) is 4.23. The molecule has 0 aromatic carbocycles. The van der Waals surface area contributed by atoms with Gasteiger partial charge >= 0.3 is 12.1 Å². The molecule has 1 heterocycles. The average Bonchev–Trinajstić information content (AvgIpc) is 2.34. The van der Waals surface area contributed by atoms with Crippen LogP contribution in [0.5, 0.6) is 0 Å². The number of nitrogens with one attached hydrogen (secondary N) is 1. The number of nitrogens with zero attached hydrogens (tertiary/aromatic N) is 2. The van der Waals surface area contributed by atoms with Gasteiger partial charge in [-0.2, -0.15) is 13.2 Å². The van der Waals surface area contributed by atoms with E-state index < -0.39 is 36.2 Å². The van der Waals surface area contributed by atoms with Gasteiger partial charge in [0.25, 0.3) is 0 Å². The number of aromatic nitrogens is 2. The van der Waals surface area contributed by atoms with Crippen LogP contribution in [-0.2, 0) is 22.3 Å². The van der Waals surface area contributed by atoms with E-state index in [2.05, 4.69) is 15.3 Å². The van der Waals surface area contributed by atoms with Crippen LogP contribution in [0.15, 0.2) is 6.07 Å². The molecule has 0 radical (unpaired) electrons. The summed E-state index contributed by atoms with van der Waals surface area (Å²) in [6.45, 7) is 1.01. The average molecular weight is 306 g/mol. The number of carboxylic acids is 1. The highest BCUT2D eigenvalue weighted by molar-refractivity contribution is 5.84. The highest BCUT2D eigenvalue weighted by Gasteiger charge is 2.33. The van der Waals surface area contributed by atoms with Crippen LogP contribution in [0.3, 0.4) is 0 Å². The number of carbonyl (C=O) groups excluding carboxylic acids is 1. The second kappa shape index (κ2) is 6.48. The Morgan fingerprint density at radius 3 is 2.57 bits per heavy atom. The number of carboxylic acid groups (broad SMARTS) is 1. The van der Waals surface area contributed by atoms with Crippen molar-refractivity contribution in [3.8, 4) is 0 Å². The van der Waals surface area contributed by atoms with Crippen molar-refractivity contribution < 1.29 is 27.9 Å². The van der Waals surface area contributed by atoms with E-state index in [1.54, 1.807) is 0 Å². The molecule has 0 fully saturated rings. The Kier molecular flexibility index (Phi) is 5.19. The molecule has 1 amide bonds. The number of hydrogen-bond donors (Lipinski definition) is 3. The summed E-state index contributed by atoms with van der Waals surface area (Å²) in [6, 6.07) is -0.597. The monoisotopic (exact) mass is 306 g/mol. The highest BCUT2D eigenvalue weighted by Crippen LogP contribution is 2.27. The Morgan fingerprint density at radius 1 is 1.43 bits per heavy atom. The molecule has 10 heteroatoms. The molecular weight excluding hydrogens is 293 g/mol. The molecule has 0 unspecified atom stereocenters. The van der Waals surface area contributed by atoms with Crippen LogP contribution in [-0.4, -0.2) is 33.0 Å². The number of carbonyl (C=O) groups is 2. The molecule has 1 rings (SSSR count). The maximum Gasteiger partial charge on any atom is 0.433 e. The van der Waals surface area contributed by atoms with Crippen molar-refractivity contribution in [2.24, 2.45) is 5.73 Å². The van der Waals surface area contributed by atoms with Crippen molar-refractivity contribution in [2.45, 2.75) is 32.1 Å². The Labute approximate surface area is 117 Å². The molecule has 116 valence electrons. The Bertz CT molecular complexity index is 548. The largest absolute Gasteiger partial charge is 0.480 e. The number of amides is 1. The lowest BCUT2D eigenvalue weighted by atomic mass is 10.2. The number of rotatable bonds is 5. The van der Waals surface area contributed by atoms with E-state index in [1.165, 1.54) is 6.92 Å². The number of halogens is 3. The molecule has 0 saturated carbocycles. The first-order valence-corrected chi connectivity index (χ1v) is 5.76. The van der Waals surface area contributed by atoms with E-state index in [1.807, 2.05) is 0 Å². The predicted molar refractivity (Wildman–Crippen MR) is 63.8 cm³/mol. The first kappa shape index (κ1) is 16.8. The zero-order valence-electron chi connectivity index (χ0n) is 10.9. The fourth-order valence-electron chi connectivity index (χ4n) is 1.39. The summed E-state index contributed by atoms with van der Waals surface area (Å²) in [5.41, 5.74) is 4.14. The summed E-state index contributed by atoms with van der Waals surface area (Å²) in [6.07, 6.45) is -5.11. The zero-order chi connectivity index (χ0) is 16.2.